The third-order valence-electron chi connectivity index (χ3n) is 3.38. The Labute approximate surface area is 111 Å². The van der Waals surface area contributed by atoms with Crippen molar-refractivity contribution in [2.75, 3.05) is 0 Å². The second kappa shape index (κ2) is 5.10. The fraction of sp³-hybridized carbons (Fsp3) is 0.250. The molecule has 19 heavy (non-hydrogen) atoms. The van der Waals surface area contributed by atoms with E-state index in [9.17, 15) is 13.9 Å². The smallest absolute Gasteiger partial charge is 0.129 e. The van der Waals surface area contributed by atoms with Gasteiger partial charge in [-0.15, -0.1) is 0 Å². The number of benzene rings is 2. The van der Waals surface area contributed by atoms with E-state index in [4.69, 9.17) is 0 Å². The number of rotatable bonds is 3. The van der Waals surface area contributed by atoms with E-state index in [2.05, 4.69) is 0 Å². The second-order valence-corrected chi connectivity index (χ2v) is 4.75. The highest BCUT2D eigenvalue weighted by atomic mass is 19.1. The molecule has 1 unspecified atom stereocenters. The number of aryl methyl sites for hydroxylation is 1. The second-order valence-electron chi connectivity index (χ2n) is 4.75. The normalized spacial score (nSPS) is 14.2. The van der Waals surface area contributed by atoms with Gasteiger partial charge in [-0.2, -0.15) is 0 Å². The SMILES string of the molecule is CCc1ccc(C(C)(O)c2cc(F)ccc2F)cc1. The van der Waals surface area contributed by atoms with Crippen LogP contribution in [0.3, 0.4) is 0 Å². The third kappa shape index (κ3) is 2.66. The molecule has 1 atom stereocenters. The first-order valence-electron chi connectivity index (χ1n) is 6.22. The minimum atomic E-state index is -1.56. The molecule has 2 aromatic carbocycles. The van der Waals surface area contributed by atoms with Gasteiger partial charge in [0.1, 0.15) is 17.2 Å². The van der Waals surface area contributed by atoms with Crippen molar-refractivity contribution in [3.05, 3.63) is 70.8 Å². The van der Waals surface area contributed by atoms with Crippen LogP contribution in [0.25, 0.3) is 0 Å². The van der Waals surface area contributed by atoms with Gasteiger partial charge in [0.15, 0.2) is 0 Å². The highest BCUT2D eigenvalue weighted by Crippen LogP contribution is 2.31. The first kappa shape index (κ1) is 13.7. The quantitative estimate of drug-likeness (QED) is 0.892. The molecule has 3 heteroatoms. The molecule has 100 valence electrons. The average Bonchev–Trinajstić information content (AvgIpc) is 2.41. The van der Waals surface area contributed by atoms with Gasteiger partial charge in [-0.1, -0.05) is 31.2 Å². The fourth-order valence-electron chi connectivity index (χ4n) is 2.09. The zero-order chi connectivity index (χ0) is 14.0. The van der Waals surface area contributed by atoms with Crippen LogP contribution in [-0.4, -0.2) is 5.11 Å². The summed E-state index contributed by atoms with van der Waals surface area (Å²) in [6, 6.07) is 10.3. The van der Waals surface area contributed by atoms with Gasteiger partial charge in [-0.3, -0.25) is 0 Å². The summed E-state index contributed by atoms with van der Waals surface area (Å²) < 4.78 is 27.0. The Morgan fingerprint density at radius 2 is 1.68 bits per heavy atom. The molecule has 0 bridgehead atoms. The van der Waals surface area contributed by atoms with Gasteiger partial charge in [0.25, 0.3) is 0 Å². The molecule has 0 aliphatic rings. The summed E-state index contributed by atoms with van der Waals surface area (Å²) in [6.07, 6.45) is 0.886. The van der Waals surface area contributed by atoms with Gasteiger partial charge >= 0.3 is 0 Å². The summed E-state index contributed by atoms with van der Waals surface area (Å²) in [4.78, 5) is 0. The lowest BCUT2D eigenvalue weighted by Gasteiger charge is -2.25. The Bertz CT molecular complexity index is 574. The standard InChI is InChI=1S/C16H16F2O/c1-3-11-4-6-12(7-5-11)16(2,19)14-10-13(17)8-9-15(14)18/h4-10,19H,3H2,1-2H3. The Morgan fingerprint density at radius 1 is 1.05 bits per heavy atom. The molecule has 0 fully saturated rings. The van der Waals surface area contributed by atoms with E-state index in [1.54, 1.807) is 12.1 Å². The van der Waals surface area contributed by atoms with Crippen molar-refractivity contribution in [1.82, 2.24) is 0 Å². The molecule has 0 heterocycles. The number of hydrogen-bond donors (Lipinski definition) is 1. The van der Waals surface area contributed by atoms with Gasteiger partial charge in [-0.05, 0) is 42.7 Å². The van der Waals surface area contributed by atoms with Crippen LogP contribution in [0.1, 0.15) is 30.5 Å². The summed E-state index contributed by atoms with van der Waals surface area (Å²) in [6.45, 7) is 3.49. The summed E-state index contributed by atoms with van der Waals surface area (Å²) in [5.41, 5.74) is 0.0450. The predicted molar refractivity (Wildman–Crippen MR) is 70.9 cm³/mol. The van der Waals surface area contributed by atoms with E-state index in [0.717, 1.165) is 30.2 Å². The zero-order valence-corrected chi connectivity index (χ0v) is 11.0. The molecular weight excluding hydrogens is 246 g/mol. The molecule has 0 saturated carbocycles. The molecule has 2 aromatic rings. The van der Waals surface area contributed by atoms with Crippen LogP contribution < -0.4 is 0 Å². The molecule has 0 amide bonds. The van der Waals surface area contributed by atoms with Crippen molar-refractivity contribution in [3.8, 4) is 0 Å². The fourth-order valence-corrected chi connectivity index (χ4v) is 2.09. The molecular formula is C16H16F2O. The summed E-state index contributed by atoms with van der Waals surface area (Å²) >= 11 is 0. The van der Waals surface area contributed by atoms with Crippen molar-refractivity contribution in [1.29, 1.82) is 0 Å². The predicted octanol–water partition coefficient (Wildman–Crippen LogP) is 3.78. The van der Waals surface area contributed by atoms with Gasteiger partial charge < -0.3 is 5.11 Å². The summed E-state index contributed by atoms with van der Waals surface area (Å²) in [5, 5.41) is 10.5. The van der Waals surface area contributed by atoms with E-state index in [0.29, 0.717) is 5.56 Å². The molecule has 0 radical (unpaired) electrons. The maximum atomic E-state index is 13.8. The molecule has 0 aliphatic carbocycles. The Morgan fingerprint density at radius 3 is 2.26 bits per heavy atom. The Balaban J connectivity index is 2.48. The van der Waals surface area contributed by atoms with E-state index in [1.807, 2.05) is 19.1 Å². The zero-order valence-electron chi connectivity index (χ0n) is 11.0. The van der Waals surface area contributed by atoms with E-state index in [1.165, 1.54) is 6.92 Å². The maximum absolute atomic E-state index is 13.8. The number of hydrogen-bond acceptors (Lipinski definition) is 1. The number of halogens is 2. The minimum absolute atomic E-state index is 0.0586. The first-order chi connectivity index (χ1) is 8.95. The van der Waals surface area contributed by atoms with E-state index >= 15 is 0 Å². The van der Waals surface area contributed by atoms with Crippen molar-refractivity contribution >= 4 is 0 Å². The first-order valence-corrected chi connectivity index (χ1v) is 6.22. The Hall–Kier alpha value is -1.74. The Kier molecular flexibility index (Phi) is 3.67. The van der Waals surface area contributed by atoms with Crippen molar-refractivity contribution in [2.45, 2.75) is 25.9 Å². The van der Waals surface area contributed by atoms with Gasteiger partial charge in [0.2, 0.25) is 0 Å². The van der Waals surface area contributed by atoms with Gasteiger partial charge in [-0.25, -0.2) is 8.78 Å². The van der Waals surface area contributed by atoms with Crippen LogP contribution in [0.2, 0.25) is 0 Å². The molecule has 0 aromatic heterocycles. The van der Waals surface area contributed by atoms with Crippen LogP contribution in [0.5, 0.6) is 0 Å². The largest absolute Gasteiger partial charge is 0.381 e. The van der Waals surface area contributed by atoms with Crippen LogP contribution in [0, 0.1) is 11.6 Å². The highest BCUT2D eigenvalue weighted by Gasteiger charge is 2.29. The van der Waals surface area contributed by atoms with Gasteiger partial charge in [0, 0.05) is 5.56 Å². The summed E-state index contributed by atoms with van der Waals surface area (Å²) in [7, 11) is 0. The van der Waals surface area contributed by atoms with Crippen molar-refractivity contribution in [2.24, 2.45) is 0 Å². The lowest BCUT2D eigenvalue weighted by Crippen LogP contribution is -2.24. The summed E-state index contributed by atoms with van der Waals surface area (Å²) in [5.74, 6) is -1.19. The van der Waals surface area contributed by atoms with Crippen molar-refractivity contribution < 1.29 is 13.9 Å². The van der Waals surface area contributed by atoms with Crippen LogP contribution in [0.4, 0.5) is 8.78 Å². The third-order valence-corrected chi connectivity index (χ3v) is 3.38. The van der Waals surface area contributed by atoms with Crippen molar-refractivity contribution in [3.63, 3.8) is 0 Å². The molecule has 2 rings (SSSR count). The highest BCUT2D eigenvalue weighted by molar-refractivity contribution is 5.37. The van der Waals surface area contributed by atoms with E-state index in [-0.39, 0.29) is 5.56 Å². The minimum Gasteiger partial charge on any atom is -0.381 e. The molecule has 0 spiro atoms. The molecule has 1 N–H and O–H groups in total. The molecule has 0 aliphatic heterocycles. The van der Waals surface area contributed by atoms with E-state index < -0.39 is 17.2 Å². The lowest BCUT2D eigenvalue weighted by atomic mass is 9.87. The van der Waals surface area contributed by atoms with Gasteiger partial charge in [0.05, 0.1) is 0 Å². The average molecular weight is 262 g/mol. The topological polar surface area (TPSA) is 20.2 Å². The lowest BCUT2D eigenvalue weighted by molar-refractivity contribution is 0.0975. The molecule has 1 nitrogen and oxygen atoms in total. The maximum Gasteiger partial charge on any atom is 0.129 e. The van der Waals surface area contributed by atoms with Crippen LogP contribution in [-0.2, 0) is 12.0 Å². The monoisotopic (exact) mass is 262 g/mol. The molecule has 0 saturated heterocycles. The van der Waals surface area contributed by atoms with Crippen LogP contribution in [0.15, 0.2) is 42.5 Å². The van der Waals surface area contributed by atoms with Crippen LogP contribution >= 0.6 is 0 Å². The number of aliphatic hydroxyl groups is 1.